The van der Waals surface area contributed by atoms with Crippen LogP contribution in [0.1, 0.15) is 51.4 Å². The Bertz CT molecular complexity index is 207. The van der Waals surface area contributed by atoms with Crippen molar-refractivity contribution in [2.75, 3.05) is 0 Å². The van der Waals surface area contributed by atoms with Crippen molar-refractivity contribution in [3.05, 3.63) is 0 Å². The van der Waals surface area contributed by atoms with Gasteiger partial charge < -0.3 is 0 Å². The summed E-state index contributed by atoms with van der Waals surface area (Å²) in [4.78, 5) is 0. The van der Waals surface area contributed by atoms with E-state index in [-0.39, 0.29) is 12.3 Å². The van der Waals surface area contributed by atoms with Gasteiger partial charge in [0.25, 0.3) is 5.92 Å². The SMILES string of the molecule is FC1CCC(CCC2CCC2(F)F)CC1. The maximum Gasteiger partial charge on any atom is 0.250 e. The fourth-order valence-corrected chi connectivity index (χ4v) is 2.77. The second-order valence-electron chi connectivity index (χ2n) is 5.19. The number of hydrogen-bond donors (Lipinski definition) is 0. The van der Waals surface area contributed by atoms with E-state index in [1.807, 2.05) is 0 Å². The molecular formula is C12H19F3. The monoisotopic (exact) mass is 220 g/mol. The van der Waals surface area contributed by atoms with E-state index in [1.54, 1.807) is 0 Å². The van der Waals surface area contributed by atoms with Crippen LogP contribution in [0.3, 0.4) is 0 Å². The summed E-state index contributed by atoms with van der Waals surface area (Å²) in [7, 11) is 0. The topological polar surface area (TPSA) is 0 Å². The van der Waals surface area contributed by atoms with Gasteiger partial charge in [0.1, 0.15) is 6.17 Å². The number of alkyl halides is 3. The van der Waals surface area contributed by atoms with Gasteiger partial charge in [0.15, 0.2) is 0 Å². The zero-order valence-corrected chi connectivity index (χ0v) is 9.02. The van der Waals surface area contributed by atoms with Gasteiger partial charge in [-0.05, 0) is 50.9 Å². The molecule has 0 aliphatic heterocycles. The molecule has 0 radical (unpaired) electrons. The molecule has 2 aliphatic carbocycles. The molecule has 15 heavy (non-hydrogen) atoms. The first-order valence-electron chi connectivity index (χ1n) is 6.10. The molecule has 2 rings (SSSR count). The first-order chi connectivity index (χ1) is 7.08. The largest absolute Gasteiger partial charge is 0.250 e. The fourth-order valence-electron chi connectivity index (χ4n) is 2.77. The van der Waals surface area contributed by atoms with E-state index < -0.39 is 12.1 Å². The lowest BCUT2D eigenvalue weighted by molar-refractivity contribution is -0.136. The number of rotatable bonds is 3. The van der Waals surface area contributed by atoms with Gasteiger partial charge in [-0.1, -0.05) is 0 Å². The Morgan fingerprint density at radius 2 is 1.60 bits per heavy atom. The molecule has 88 valence electrons. The maximum absolute atomic E-state index is 13.0. The van der Waals surface area contributed by atoms with Gasteiger partial charge >= 0.3 is 0 Å². The molecule has 0 saturated heterocycles. The van der Waals surface area contributed by atoms with Crippen molar-refractivity contribution in [2.45, 2.75) is 63.5 Å². The molecule has 0 aromatic heterocycles. The fraction of sp³-hybridized carbons (Fsp3) is 1.00. The summed E-state index contributed by atoms with van der Waals surface area (Å²) in [5.74, 6) is -2.26. The smallest absolute Gasteiger partial charge is 0.247 e. The first kappa shape index (κ1) is 11.3. The van der Waals surface area contributed by atoms with E-state index in [9.17, 15) is 13.2 Å². The molecule has 0 amide bonds. The number of halogens is 3. The van der Waals surface area contributed by atoms with Crippen LogP contribution >= 0.6 is 0 Å². The average molecular weight is 220 g/mol. The summed E-state index contributed by atoms with van der Waals surface area (Å²) >= 11 is 0. The van der Waals surface area contributed by atoms with Crippen molar-refractivity contribution >= 4 is 0 Å². The predicted molar refractivity (Wildman–Crippen MR) is 53.8 cm³/mol. The summed E-state index contributed by atoms with van der Waals surface area (Å²) in [5, 5.41) is 0. The van der Waals surface area contributed by atoms with Gasteiger partial charge in [-0.25, -0.2) is 13.2 Å². The molecule has 0 bridgehead atoms. The zero-order chi connectivity index (χ0) is 10.9. The molecule has 0 aromatic carbocycles. The summed E-state index contributed by atoms with van der Waals surface area (Å²) in [6.45, 7) is 0. The standard InChI is InChI=1S/C12H19F3/c13-11-5-2-9(3-6-11)1-4-10-7-8-12(10,14)15/h9-11H,1-8H2. The van der Waals surface area contributed by atoms with Crippen LogP contribution in [-0.4, -0.2) is 12.1 Å². The molecule has 0 spiro atoms. The number of hydrogen-bond acceptors (Lipinski definition) is 0. The van der Waals surface area contributed by atoms with Crippen molar-refractivity contribution in [2.24, 2.45) is 11.8 Å². The highest BCUT2D eigenvalue weighted by Crippen LogP contribution is 2.46. The van der Waals surface area contributed by atoms with E-state index in [4.69, 9.17) is 0 Å². The third-order valence-electron chi connectivity index (χ3n) is 4.12. The normalized spacial score (nSPS) is 39.8. The molecule has 2 saturated carbocycles. The van der Waals surface area contributed by atoms with E-state index in [1.165, 1.54) is 0 Å². The Morgan fingerprint density at radius 1 is 0.933 bits per heavy atom. The molecule has 0 nitrogen and oxygen atoms in total. The van der Waals surface area contributed by atoms with Crippen molar-refractivity contribution in [1.82, 2.24) is 0 Å². The van der Waals surface area contributed by atoms with Gasteiger partial charge in [0.05, 0.1) is 0 Å². The molecule has 2 fully saturated rings. The van der Waals surface area contributed by atoms with Crippen molar-refractivity contribution in [3.63, 3.8) is 0 Å². The highest BCUT2D eigenvalue weighted by Gasteiger charge is 2.47. The summed E-state index contributed by atoms with van der Waals surface area (Å²) in [5.41, 5.74) is 0. The van der Waals surface area contributed by atoms with Crippen molar-refractivity contribution in [1.29, 1.82) is 0 Å². The minimum atomic E-state index is -2.39. The second-order valence-corrected chi connectivity index (χ2v) is 5.19. The van der Waals surface area contributed by atoms with Crippen LogP contribution in [0.2, 0.25) is 0 Å². The van der Waals surface area contributed by atoms with Crippen LogP contribution in [0.5, 0.6) is 0 Å². The van der Waals surface area contributed by atoms with E-state index in [0.717, 1.165) is 19.3 Å². The molecule has 3 heteroatoms. The lowest BCUT2D eigenvalue weighted by Crippen LogP contribution is -2.38. The minimum absolute atomic E-state index is 0.0783. The van der Waals surface area contributed by atoms with Crippen LogP contribution in [0, 0.1) is 11.8 Å². The van der Waals surface area contributed by atoms with Gasteiger partial charge in [0.2, 0.25) is 0 Å². The van der Waals surface area contributed by atoms with Crippen molar-refractivity contribution < 1.29 is 13.2 Å². The quantitative estimate of drug-likeness (QED) is 0.663. The summed E-state index contributed by atoms with van der Waals surface area (Å²) < 4.78 is 38.8. The van der Waals surface area contributed by atoms with Crippen LogP contribution < -0.4 is 0 Å². The Labute approximate surface area is 89.2 Å². The predicted octanol–water partition coefficient (Wildman–Crippen LogP) is 4.34. The van der Waals surface area contributed by atoms with E-state index >= 15 is 0 Å². The molecular weight excluding hydrogens is 201 g/mol. The van der Waals surface area contributed by atoms with Crippen LogP contribution in [0.4, 0.5) is 13.2 Å². The Balaban J connectivity index is 1.66. The molecule has 0 aromatic rings. The van der Waals surface area contributed by atoms with Gasteiger partial charge in [0, 0.05) is 12.3 Å². The Hall–Kier alpha value is -0.210. The lowest BCUT2D eigenvalue weighted by Gasteiger charge is -2.37. The minimum Gasteiger partial charge on any atom is -0.247 e. The van der Waals surface area contributed by atoms with Gasteiger partial charge in [-0.15, -0.1) is 0 Å². The molecule has 0 N–H and O–H groups in total. The molecule has 1 unspecified atom stereocenters. The highest BCUT2D eigenvalue weighted by atomic mass is 19.3. The van der Waals surface area contributed by atoms with Crippen molar-refractivity contribution in [3.8, 4) is 0 Å². The van der Waals surface area contributed by atoms with Crippen LogP contribution in [0.15, 0.2) is 0 Å². The molecule has 2 aliphatic rings. The highest BCUT2D eigenvalue weighted by molar-refractivity contribution is 4.88. The zero-order valence-electron chi connectivity index (χ0n) is 9.02. The lowest BCUT2D eigenvalue weighted by atomic mass is 9.75. The van der Waals surface area contributed by atoms with E-state index in [0.29, 0.717) is 31.6 Å². The van der Waals surface area contributed by atoms with Crippen LogP contribution in [0.25, 0.3) is 0 Å². The van der Waals surface area contributed by atoms with Gasteiger partial charge in [-0.2, -0.15) is 0 Å². The molecule has 1 atom stereocenters. The second kappa shape index (κ2) is 4.34. The molecule has 0 heterocycles. The van der Waals surface area contributed by atoms with E-state index in [2.05, 4.69) is 0 Å². The third-order valence-corrected chi connectivity index (χ3v) is 4.12. The maximum atomic E-state index is 13.0. The van der Waals surface area contributed by atoms with Gasteiger partial charge in [-0.3, -0.25) is 0 Å². The first-order valence-corrected chi connectivity index (χ1v) is 6.10. The summed E-state index contributed by atoms with van der Waals surface area (Å²) in [6, 6.07) is 0. The Morgan fingerprint density at radius 3 is 2.07 bits per heavy atom. The summed E-state index contributed by atoms with van der Waals surface area (Å²) in [6.07, 6.45) is 4.75. The van der Waals surface area contributed by atoms with Crippen LogP contribution in [-0.2, 0) is 0 Å². The average Bonchev–Trinajstić information content (AvgIpc) is 2.20. The Kier molecular flexibility index (Phi) is 3.27. The third kappa shape index (κ3) is 2.67.